The summed E-state index contributed by atoms with van der Waals surface area (Å²) < 4.78 is 1.67. The Hall–Kier alpha value is -1.43. The van der Waals surface area contributed by atoms with Crippen LogP contribution in [0.15, 0.2) is 6.33 Å². The monoisotopic (exact) mass is 251 g/mol. The normalized spacial score (nSPS) is 23.9. The van der Waals surface area contributed by atoms with Crippen molar-refractivity contribution in [1.29, 1.82) is 0 Å². The molecular weight excluding hydrogens is 230 g/mol. The Bertz CT molecular complexity index is 403. The van der Waals surface area contributed by atoms with Crippen LogP contribution in [0.2, 0.25) is 0 Å². The first-order chi connectivity index (χ1) is 8.65. The van der Waals surface area contributed by atoms with Gasteiger partial charge in [-0.05, 0) is 26.2 Å². The SMILES string of the molecule is CC1CCCC(C(=O)NCCc2ncn(C)n2)N1. The number of piperidine rings is 1. The first-order valence-corrected chi connectivity index (χ1v) is 6.53. The summed E-state index contributed by atoms with van der Waals surface area (Å²) in [6.07, 6.45) is 5.55. The van der Waals surface area contributed by atoms with Crippen molar-refractivity contribution in [3.63, 3.8) is 0 Å². The third-order valence-electron chi connectivity index (χ3n) is 3.23. The Labute approximate surface area is 107 Å². The smallest absolute Gasteiger partial charge is 0.237 e. The molecule has 0 aromatic carbocycles. The molecule has 2 atom stereocenters. The Morgan fingerprint density at radius 1 is 1.61 bits per heavy atom. The molecule has 1 saturated heterocycles. The van der Waals surface area contributed by atoms with Crippen molar-refractivity contribution in [2.75, 3.05) is 6.54 Å². The third-order valence-corrected chi connectivity index (χ3v) is 3.23. The number of aryl methyl sites for hydroxylation is 1. The lowest BCUT2D eigenvalue weighted by molar-refractivity contribution is -0.123. The topological polar surface area (TPSA) is 71.8 Å². The van der Waals surface area contributed by atoms with Gasteiger partial charge in [0.25, 0.3) is 0 Å². The van der Waals surface area contributed by atoms with Crippen LogP contribution in [0.3, 0.4) is 0 Å². The average molecular weight is 251 g/mol. The summed E-state index contributed by atoms with van der Waals surface area (Å²) in [4.78, 5) is 16.0. The zero-order valence-electron chi connectivity index (χ0n) is 11.0. The van der Waals surface area contributed by atoms with Gasteiger partial charge >= 0.3 is 0 Å². The molecule has 2 N–H and O–H groups in total. The lowest BCUT2D eigenvalue weighted by Gasteiger charge is -2.27. The molecule has 6 nitrogen and oxygen atoms in total. The molecule has 0 bridgehead atoms. The second kappa shape index (κ2) is 5.95. The number of nitrogens with one attached hydrogen (secondary N) is 2. The molecule has 1 aliphatic rings. The highest BCUT2D eigenvalue weighted by Crippen LogP contribution is 2.12. The zero-order chi connectivity index (χ0) is 13.0. The maximum Gasteiger partial charge on any atom is 0.237 e. The fraction of sp³-hybridized carbons (Fsp3) is 0.750. The molecule has 100 valence electrons. The fourth-order valence-electron chi connectivity index (χ4n) is 2.26. The fourth-order valence-corrected chi connectivity index (χ4v) is 2.26. The summed E-state index contributed by atoms with van der Waals surface area (Å²) in [6.45, 7) is 2.71. The van der Waals surface area contributed by atoms with E-state index in [1.807, 2.05) is 7.05 Å². The van der Waals surface area contributed by atoms with Gasteiger partial charge in [-0.15, -0.1) is 0 Å². The summed E-state index contributed by atoms with van der Waals surface area (Å²) in [5.74, 6) is 0.861. The molecule has 0 saturated carbocycles. The molecule has 2 heterocycles. The van der Waals surface area contributed by atoms with Crippen LogP contribution in [0.1, 0.15) is 32.0 Å². The van der Waals surface area contributed by atoms with E-state index in [-0.39, 0.29) is 11.9 Å². The first-order valence-electron chi connectivity index (χ1n) is 6.53. The molecule has 0 aliphatic carbocycles. The minimum absolute atomic E-state index is 0.0366. The van der Waals surface area contributed by atoms with Gasteiger partial charge in [0, 0.05) is 26.1 Å². The van der Waals surface area contributed by atoms with Crippen LogP contribution < -0.4 is 10.6 Å². The van der Waals surface area contributed by atoms with E-state index in [4.69, 9.17) is 0 Å². The Kier molecular flexibility index (Phi) is 4.30. The van der Waals surface area contributed by atoms with E-state index < -0.39 is 0 Å². The van der Waals surface area contributed by atoms with Crippen molar-refractivity contribution >= 4 is 5.91 Å². The summed E-state index contributed by atoms with van der Waals surface area (Å²) in [5.41, 5.74) is 0. The highest BCUT2D eigenvalue weighted by molar-refractivity contribution is 5.81. The molecule has 6 heteroatoms. The maximum absolute atomic E-state index is 11.9. The van der Waals surface area contributed by atoms with Crippen molar-refractivity contribution < 1.29 is 4.79 Å². The number of carbonyl (C=O) groups excluding carboxylic acids is 1. The van der Waals surface area contributed by atoms with Gasteiger partial charge in [-0.3, -0.25) is 9.48 Å². The van der Waals surface area contributed by atoms with Crippen molar-refractivity contribution in [3.8, 4) is 0 Å². The van der Waals surface area contributed by atoms with Crippen LogP contribution in [0.4, 0.5) is 0 Å². The second-order valence-corrected chi connectivity index (χ2v) is 4.93. The largest absolute Gasteiger partial charge is 0.354 e. The Balaban J connectivity index is 1.71. The van der Waals surface area contributed by atoms with E-state index in [0.717, 1.165) is 25.1 Å². The summed E-state index contributed by atoms with van der Waals surface area (Å²) in [7, 11) is 1.84. The molecule has 1 amide bonds. The average Bonchev–Trinajstić information content (AvgIpc) is 2.75. The molecule has 18 heavy (non-hydrogen) atoms. The minimum Gasteiger partial charge on any atom is -0.354 e. The second-order valence-electron chi connectivity index (χ2n) is 4.93. The molecule has 1 aromatic rings. The van der Waals surface area contributed by atoms with Gasteiger partial charge < -0.3 is 10.6 Å². The quantitative estimate of drug-likeness (QED) is 0.790. The number of aromatic nitrogens is 3. The number of hydrogen-bond donors (Lipinski definition) is 2. The third kappa shape index (κ3) is 3.53. The summed E-state index contributed by atoms with van der Waals surface area (Å²) in [5, 5.41) is 10.4. The number of nitrogens with zero attached hydrogens (tertiary/aromatic N) is 3. The van der Waals surface area contributed by atoms with Gasteiger partial charge in [0.05, 0.1) is 6.04 Å². The molecule has 1 fully saturated rings. The first kappa shape index (κ1) is 13.0. The van der Waals surface area contributed by atoms with E-state index in [2.05, 4.69) is 27.6 Å². The van der Waals surface area contributed by atoms with Gasteiger partial charge in [-0.25, -0.2) is 4.98 Å². The zero-order valence-corrected chi connectivity index (χ0v) is 11.0. The number of amides is 1. The summed E-state index contributed by atoms with van der Waals surface area (Å²) in [6, 6.07) is 0.400. The van der Waals surface area contributed by atoms with Gasteiger partial charge in [0.1, 0.15) is 6.33 Å². The standard InChI is InChI=1S/C12H21N5O/c1-9-4-3-5-10(15-9)12(18)13-7-6-11-14-8-17(2)16-11/h8-10,15H,3-7H2,1-2H3,(H,13,18). The maximum atomic E-state index is 11.9. The van der Waals surface area contributed by atoms with Gasteiger partial charge in [0.15, 0.2) is 5.82 Å². The number of carbonyl (C=O) groups is 1. The van der Waals surface area contributed by atoms with E-state index in [9.17, 15) is 4.79 Å². The van der Waals surface area contributed by atoms with Crippen LogP contribution in [-0.4, -0.2) is 39.3 Å². The Morgan fingerprint density at radius 3 is 3.11 bits per heavy atom. The van der Waals surface area contributed by atoms with Crippen molar-refractivity contribution in [2.24, 2.45) is 7.05 Å². The van der Waals surface area contributed by atoms with Crippen molar-refractivity contribution in [2.45, 2.75) is 44.7 Å². The van der Waals surface area contributed by atoms with Crippen molar-refractivity contribution in [1.82, 2.24) is 25.4 Å². The number of rotatable bonds is 4. The Morgan fingerprint density at radius 2 is 2.44 bits per heavy atom. The van der Waals surface area contributed by atoms with Crippen LogP contribution in [0.5, 0.6) is 0 Å². The summed E-state index contributed by atoms with van der Waals surface area (Å²) >= 11 is 0. The van der Waals surface area contributed by atoms with E-state index >= 15 is 0 Å². The predicted octanol–water partition coefficient (Wildman–Crippen LogP) is 0.00440. The van der Waals surface area contributed by atoms with Crippen LogP contribution >= 0.6 is 0 Å². The van der Waals surface area contributed by atoms with Gasteiger partial charge in [-0.2, -0.15) is 5.10 Å². The molecule has 1 aliphatic heterocycles. The molecule has 2 rings (SSSR count). The molecule has 2 unspecified atom stereocenters. The van der Waals surface area contributed by atoms with E-state index in [1.54, 1.807) is 11.0 Å². The van der Waals surface area contributed by atoms with E-state index in [0.29, 0.717) is 19.0 Å². The van der Waals surface area contributed by atoms with Crippen LogP contribution in [-0.2, 0) is 18.3 Å². The van der Waals surface area contributed by atoms with Gasteiger partial charge in [-0.1, -0.05) is 0 Å². The highest BCUT2D eigenvalue weighted by Gasteiger charge is 2.23. The molecule has 1 aromatic heterocycles. The van der Waals surface area contributed by atoms with E-state index in [1.165, 1.54) is 0 Å². The van der Waals surface area contributed by atoms with Gasteiger partial charge in [0.2, 0.25) is 5.91 Å². The number of hydrogen-bond acceptors (Lipinski definition) is 4. The van der Waals surface area contributed by atoms with Crippen LogP contribution in [0.25, 0.3) is 0 Å². The highest BCUT2D eigenvalue weighted by atomic mass is 16.2. The lowest BCUT2D eigenvalue weighted by Crippen LogP contribution is -2.50. The molecular formula is C12H21N5O. The predicted molar refractivity (Wildman–Crippen MR) is 68.0 cm³/mol. The van der Waals surface area contributed by atoms with Crippen LogP contribution in [0, 0.1) is 0 Å². The van der Waals surface area contributed by atoms with Crippen molar-refractivity contribution in [3.05, 3.63) is 12.2 Å². The lowest BCUT2D eigenvalue weighted by atomic mass is 9.99. The molecule has 0 spiro atoms. The molecule has 0 radical (unpaired) electrons. The minimum atomic E-state index is -0.0366.